The fraction of sp³-hybridized carbons (Fsp3) is 0.238. The molecule has 146 valence electrons. The lowest BCUT2D eigenvalue weighted by Gasteiger charge is -2.21. The molecular weight excluding hydrogens is 396 g/mol. The number of carbonyl (C=O) groups is 2. The summed E-state index contributed by atoms with van der Waals surface area (Å²) in [5, 5.41) is 10.5. The van der Waals surface area contributed by atoms with E-state index < -0.39 is 0 Å². The molecule has 5 nitrogen and oxygen atoms in total. The van der Waals surface area contributed by atoms with Gasteiger partial charge in [-0.3, -0.25) is 14.5 Å². The van der Waals surface area contributed by atoms with Gasteiger partial charge in [-0.25, -0.2) is 0 Å². The SMILES string of the molecule is CCN(CC)c1ccc(/C=C2\SC(=O)N(Cc3ccccc3Cl)C2=O)c(O)c1. The van der Waals surface area contributed by atoms with Crippen LogP contribution in [0.3, 0.4) is 0 Å². The lowest BCUT2D eigenvalue weighted by Crippen LogP contribution is -2.27. The first kappa shape index (κ1) is 20.3. The Balaban J connectivity index is 1.83. The summed E-state index contributed by atoms with van der Waals surface area (Å²) in [7, 11) is 0. The van der Waals surface area contributed by atoms with Crippen molar-refractivity contribution in [3.8, 4) is 5.75 Å². The van der Waals surface area contributed by atoms with Gasteiger partial charge in [0, 0.05) is 35.4 Å². The summed E-state index contributed by atoms with van der Waals surface area (Å²) in [6.07, 6.45) is 1.55. The second kappa shape index (κ2) is 8.71. The van der Waals surface area contributed by atoms with Gasteiger partial charge in [-0.05, 0) is 55.4 Å². The third kappa shape index (κ3) is 4.18. The van der Waals surface area contributed by atoms with Crippen LogP contribution in [0.5, 0.6) is 5.75 Å². The van der Waals surface area contributed by atoms with Gasteiger partial charge in [-0.1, -0.05) is 29.8 Å². The standard InChI is InChI=1S/C21H21ClN2O3S/c1-3-23(4-2)16-10-9-14(18(25)12-16)11-19-20(26)24(21(27)28-19)13-15-7-5-6-8-17(15)22/h5-12,25H,3-4,13H2,1-2H3/b19-11-. The van der Waals surface area contributed by atoms with Gasteiger partial charge in [0.15, 0.2) is 0 Å². The fourth-order valence-electron chi connectivity index (χ4n) is 3.01. The van der Waals surface area contributed by atoms with Crippen LogP contribution in [0, 0.1) is 0 Å². The number of amides is 2. The van der Waals surface area contributed by atoms with E-state index in [4.69, 9.17) is 11.6 Å². The highest BCUT2D eigenvalue weighted by atomic mass is 35.5. The van der Waals surface area contributed by atoms with Gasteiger partial charge in [0.1, 0.15) is 5.75 Å². The Morgan fingerprint density at radius 1 is 1.14 bits per heavy atom. The normalized spacial score (nSPS) is 15.5. The van der Waals surface area contributed by atoms with Crippen molar-refractivity contribution in [1.29, 1.82) is 0 Å². The first-order chi connectivity index (χ1) is 13.4. The molecule has 1 fully saturated rings. The van der Waals surface area contributed by atoms with Crippen molar-refractivity contribution >= 4 is 46.3 Å². The van der Waals surface area contributed by atoms with E-state index in [2.05, 4.69) is 4.90 Å². The predicted octanol–water partition coefficient (Wildman–Crippen LogP) is 5.13. The molecule has 3 rings (SSSR count). The second-order valence-corrected chi connectivity index (χ2v) is 7.68. The average Bonchev–Trinajstić information content (AvgIpc) is 2.94. The predicted molar refractivity (Wildman–Crippen MR) is 115 cm³/mol. The number of phenols is 1. The molecule has 0 spiro atoms. The number of nitrogens with zero attached hydrogens (tertiary/aromatic N) is 2. The maximum absolute atomic E-state index is 12.7. The van der Waals surface area contributed by atoms with Gasteiger partial charge in [-0.2, -0.15) is 0 Å². The van der Waals surface area contributed by atoms with E-state index in [1.807, 2.05) is 26.0 Å². The van der Waals surface area contributed by atoms with Crippen molar-refractivity contribution in [2.45, 2.75) is 20.4 Å². The molecule has 0 bridgehead atoms. The molecule has 1 saturated heterocycles. The minimum atomic E-state index is -0.387. The zero-order chi connectivity index (χ0) is 20.3. The number of phenolic OH excluding ortho intramolecular Hbond substituents is 1. The minimum absolute atomic E-state index is 0.0716. The van der Waals surface area contributed by atoms with Gasteiger partial charge in [0.25, 0.3) is 11.1 Å². The van der Waals surface area contributed by atoms with Gasteiger partial charge in [0.2, 0.25) is 0 Å². The Hall–Kier alpha value is -2.44. The van der Waals surface area contributed by atoms with E-state index in [0.29, 0.717) is 16.1 Å². The number of anilines is 1. The maximum Gasteiger partial charge on any atom is 0.293 e. The zero-order valence-electron chi connectivity index (χ0n) is 15.7. The van der Waals surface area contributed by atoms with Crippen LogP contribution < -0.4 is 4.90 Å². The van der Waals surface area contributed by atoms with Gasteiger partial charge in [0.05, 0.1) is 11.4 Å². The largest absolute Gasteiger partial charge is 0.507 e. The molecule has 28 heavy (non-hydrogen) atoms. The van der Waals surface area contributed by atoms with E-state index in [1.165, 1.54) is 4.90 Å². The summed E-state index contributed by atoms with van der Waals surface area (Å²) >= 11 is 7.01. The first-order valence-corrected chi connectivity index (χ1v) is 10.2. The molecule has 7 heteroatoms. The Kier molecular flexibility index (Phi) is 6.31. The highest BCUT2D eigenvalue weighted by Gasteiger charge is 2.35. The van der Waals surface area contributed by atoms with Crippen LogP contribution in [0.4, 0.5) is 10.5 Å². The van der Waals surface area contributed by atoms with Crippen LogP contribution in [0.1, 0.15) is 25.0 Å². The number of thioether (sulfide) groups is 1. The number of halogens is 1. The third-order valence-corrected chi connectivity index (χ3v) is 5.87. The quantitative estimate of drug-likeness (QED) is 0.661. The minimum Gasteiger partial charge on any atom is -0.507 e. The molecule has 0 saturated carbocycles. The van der Waals surface area contributed by atoms with Crippen LogP contribution in [0.2, 0.25) is 5.02 Å². The van der Waals surface area contributed by atoms with E-state index >= 15 is 0 Å². The molecule has 2 aromatic rings. The van der Waals surface area contributed by atoms with Gasteiger partial charge in [-0.15, -0.1) is 0 Å². The average molecular weight is 417 g/mol. The van der Waals surface area contributed by atoms with Crippen molar-refractivity contribution in [3.05, 3.63) is 63.5 Å². The summed E-state index contributed by atoms with van der Waals surface area (Å²) in [5.41, 5.74) is 2.12. The number of benzene rings is 2. The summed E-state index contributed by atoms with van der Waals surface area (Å²) < 4.78 is 0. The molecule has 0 unspecified atom stereocenters. The molecule has 0 aliphatic carbocycles. The molecular formula is C21H21ClN2O3S. The van der Waals surface area contributed by atoms with E-state index in [9.17, 15) is 14.7 Å². The van der Waals surface area contributed by atoms with E-state index in [1.54, 1.807) is 36.4 Å². The molecule has 0 radical (unpaired) electrons. The Bertz CT molecular complexity index is 941. The highest BCUT2D eigenvalue weighted by Crippen LogP contribution is 2.36. The van der Waals surface area contributed by atoms with Crippen LogP contribution in [0.25, 0.3) is 6.08 Å². The van der Waals surface area contributed by atoms with Gasteiger partial charge >= 0.3 is 0 Å². The van der Waals surface area contributed by atoms with Crippen molar-refractivity contribution in [3.63, 3.8) is 0 Å². The molecule has 1 aliphatic rings. The van der Waals surface area contributed by atoms with Crippen molar-refractivity contribution < 1.29 is 14.7 Å². The van der Waals surface area contributed by atoms with E-state index in [0.717, 1.165) is 30.5 Å². The van der Waals surface area contributed by atoms with Crippen LogP contribution in [-0.2, 0) is 11.3 Å². The number of hydrogen-bond acceptors (Lipinski definition) is 5. The maximum atomic E-state index is 12.7. The first-order valence-electron chi connectivity index (χ1n) is 9.01. The van der Waals surface area contributed by atoms with Crippen molar-refractivity contribution in [2.75, 3.05) is 18.0 Å². The number of imide groups is 1. The van der Waals surface area contributed by atoms with Crippen LogP contribution in [-0.4, -0.2) is 34.2 Å². The summed E-state index contributed by atoms with van der Waals surface area (Å²) in [4.78, 5) is 28.6. The Morgan fingerprint density at radius 3 is 2.50 bits per heavy atom. The fourth-order valence-corrected chi connectivity index (χ4v) is 4.04. The molecule has 0 atom stereocenters. The Labute approximate surface area is 173 Å². The third-order valence-electron chi connectivity index (χ3n) is 4.59. The number of aromatic hydroxyl groups is 1. The van der Waals surface area contributed by atoms with Crippen LogP contribution in [0.15, 0.2) is 47.4 Å². The van der Waals surface area contributed by atoms with Crippen molar-refractivity contribution in [2.24, 2.45) is 0 Å². The monoisotopic (exact) mass is 416 g/mol. The number of rotatable bonds is 6. The van der Waals surface area contributed by atoms with E-state index in [-0.39, 0.29) is 28.3 Å². The molecule has 0 aromatic heterocycles. The van der Waals surface area contributed by atoms with Gasteiger partial charge < -0.3 is 10.0 Å². The number of carbonyl (C=O) groups excluding carboxylic acids is 2. The summed E-state index contributed by atoms with van der Waals surface area (Å²) in [6, 6.07) is 12.4. The highest BCUT2D eigenvalue weighted by molar-refractivity contribution is 8.18. The van der Waals surface area contributed by atoms with Crippen LogP contribution >= 0.6 is 23.4 Å². The summed E-state index contributed by atoms with van der Waals surface area (Å²) in [6.45, 7) is 5.87. The second-order valence-electron chi connectivity index (χ2n) is 6.27. The smallest absolute Gasteiger partial charge is 0.293 e. The molecule has 1 N–H and O–H groups in total. The lowest BCUT2D eigenvalue weighted by atomic mass is 10.1. The Morgan fingerprint density at radius 2 is 1.86 bits per heavy atom. The topological polar surface area (TPSA) is 60.9 Å². The molecule has 1 aliphatic heterocycles. The molecule has 2 amide bonds. The molecule has 2 aromatic carbocycles. The molecule has 1 heterocycles. The lowest BCUT2D eigenvalue weighted by molar-refractivity contribution is -0.123. The summed E-state index contributed by atoms with van der Waals surface area (Å²) in [5.74, 6) is -0.315. The van der Waals surface area contributed by atoms with Crippen molar-refractivity contribution in [1.82, 2.24) is 4.90 Å². The zero-order valence-corrected chi connectivity index (χ0v) is 17.3. The number of hydrogen-bond donors (Lipinski definition) is 1.